The Hall–Kier alpha value is -2.24. The van der Waals surface area contributed by atoms with E-state index in [0.29, 0.717) is 16.1 Å². The molecular weight excluding hydrogens is 256 g/mol. The maximum absolute atomic E-state index is 11.6. The summed E-state index contributed by atoms with van der Waals surface area (Å²) < 4.78 is 10.3. The summed E-state index contributed by atoms with van der Waals surface area (Å²) in [5.74, 6) is -0.190. The maximum Gasteiger partial charge on any atom is 0.350 e. The molecule has 0 amide bonds. The summed E-state index contributed by atoms with van der Waals surface area (Å²) in [6.07, 6.45) is 1.41. The molecule has 0 radical (unpaired) electrons. The SMILES string of the molecule is COC(=O)c1sc2ccc(OC)nc2c1N=C=O. The van der Waals surface area contributed by atoms with Crippen LogP contribution in [0.1, 0.15) is 9.67 Å². The average molecular weight is 264 g/mol. The molecule has 0 aliphatic heterocycles. The van der Waals surface area contributed by atoms with Crippen LogP contribution in [0, 0.1) is 0 Å². The molecule has 2 heterocycles. The second-order valence-corrected chi connectivity index (χ2v) is 4.23. The number of thiophene rings is 1. The molecule has 2 aromatic rings. The predicted octanol–water partition coefficient (Wildman–Crippen LogP) is 2.06. The zero-order valence-electron chi connectivity index (χ0n) is 9.59. The molecule has 92 valence electrons. The molecular formula is C11H8N2O4S. The van der Waals surface area contributed by atoms with Gasteiger partial charge in [-0.2, -0.15) is 4.99 Å². The van der Waals surface area contributed by atoms with Crippen LogP contribution in [0.15, 0.2) is 17.1 Å². The first kappa shape index (κ1) is 12.2. The lowest BCUT2D eigenvalue weighted by molar-refractivity contribution is 0.0607. The standard InChI is InChI=1S/C11H8N2O4S/c1-16-7-4-3-6-8(13-7)9(12-5-14)10(18-6)11(15)17-2/h3-4H,1-2H3. The van der Waals surface area contributed by atoms with Crippen molar-refractivity contribution in [2.45, 2.75) is 0 Å². The van der Waals surface area contributed by atoms with Gasteiger partial charge in [0, 0.05) is 6.07 Å². The molecule has 6 nitrogen and oxygen atoms in total. The Morgan fingerprint density at radius 2 is 2.22 bits per heavy atom. The van der Waals surface area contributed by atoms with Crippen molar-refractivity contribution in [1.29, 1.82) is 0 Å². The lowest BCUT2D eigenvalue weighted by Gasteiger charge is -1.97. The van der Waals surface area contributed by atoms with E-state index in [-0.39, 0.29) is 10.6 Å². The van der Waals surface area contributed by atoms with Crippen molar-refractivity contribution in [2.24, 2.45) is 4.99 Å². The molecule has 0 aliphatic rings. The lowest BCUT2D eigenvalue weighted by Crippen LogP contribution is -1.97. The number of methoxy groups -OCH3 is 2. The zero-order chi connectivity index (χ0) is 13.1. The fraction of sp³-hybridized carbons (Fsp3) is 0.182. The van der Waals surface area contributed by atoms with Crippen LogP contribution in [0.5, 0.6) is 5.88 Å². The monoisotopic (exact) mass is 264 g/mol. The van der Waals surface area contributed by atoms with Crippen molar-refractivity contribution in [3.63, 3.8) is 0 Å². The number of rotatable bonds is 3. The van der Waals surface area contributed by atoms with E-state index in [0.717, 1.165) is 11.3 Å². The fourth-order valence-corrected chi connectivity index (χ4v) is 2.44. The van der Waals surface area contributed by atoms with Crippen LogP contribution in [-0.2, 0) is 9.53 Å². The second kappa shape index (κ2) is 4.95. The minimum atomic E-state index is -0.564. The summed E-state index contributed by atoms with van der Waals surface area (Å²) in [5.41, 5.74) is 0.582. The van der Waals surface area contributed by atoms with Crippen molar-refractivity contribution >= 4 is 39.3 Å². The molecule has 0 saturated heterocycles. The molecule has 7 heteroatoms. The average Bonchev–Trinajstić information content (AvgIpc) is 2.76. The van der Waals surface area contributed by atoms with Crippen LogP contribution in [0.2, 0.25) is 0 Å². The third-order valence-corrected chi connectivity index (χ3v) is 3.33. The van der Waals surface area contributed by atoms with Gasteiger partial charge in [-0.25, -0.2) is 14.6 Å². The number of hydrogen-bond acceptors (Lipinski definition) is 7. The minimum Gasteiger partial charge on any atom is -0.481 e. The van der Waals surface area contributed by atoms with E-state index < -0.39 is 5.97 Å². The van der Waals surface area contributed by atoms with Crippen LogP contribution in [-0.4, -0.2) is 31.3 Å². The van der Waals surface area contributed by atoms with Gasteiger partial charge in [0.2, 0.25) is 12.0 Å². The zero-order valence-corrected chi connectivity index (χ0v) is 10.4. The van der Waals surface area contributed by atoms with Crippen molar-refractivity contribution in [3.05, 3.63) is 17.0 Å². The quantitative estimate of drug-likeness (QED) is 0.481. The van der Waals surface area contributed by atoms with E-state index >= 15 is 0 Å². The molecule has 0 unspecified atom stereocenters. The molecule has 2 aromatic heterocycles. The molecule has 2 rings (SSSR count). The van der Waals surface area contributed by atoms with Gasteiger partial charge in [0.1, 0.15) is 16.1 Å². The molecule has 0 bridgehead atoms. The van der Waals surface area contributed by atoms with Gasteiger partial charge < -0.3 is 9.47 Å². The highest BCUT2D eigenvalue weighted by Gasteiger charge is 2.20. The summed E-state index contributed by atoms with van der Waals surface area (Å²) in [4.78, 5) is 29.9. The number of esters is 1. The Balaban J connectivity index is 2.76. The number of isocyanates is 1. The third-order valence-electron chi connectivity index (χ3n) is 2.22. The van der Waals surface area contributed by atoms with Crippen LogP contribution in [0.25, 0.3) is 10.2 Å². The Morgan fingerprint density at radius 1 is 1.44 bits per heavy atom. The molecule has 0 N–H and O–H groups in total. The lowest BCUT2D eigenvalue weighted by atomic mass is 10.3. The van der Waals surface area contributed by atoms with Crippen molar-refractivity contribution in [2.75, 3.05) is 14.2 Å². The van der Waals surface area contributed by atoms with E-state index in [1.165, 1.54) is 20.3 Å². The van der Waals surface area contributed by atoms with Gasteiger partial charge in [0.15, 0.2) is 0 Å². The van der Waals surface area contributed by atoms with Gasteiger partial charge in [-0.05, 0) is 6.07 Å². The third kappa shape index (κ3) is 1.97. The number of carbonyl (C=O) groups is 1. The molecule has 0 aliphatic carbocycles. The number of carbonyl (C=O) groups excluding carboxylic acids is 2. The second-order valence-electron chi connectivity index (χ2n) is 3.17. The van der Waals surface area contributed by atoms with Gasteiger partial charge >= 0.3 is 5.97 Å². The van der Waals surface area contributed by atoms with E-state index in [2.05, 4.69) is 14.7 Å². The Kier molecular flexibility index (Phi) is 3.36. The molecule has 0 aromatic carbocycles. The molecule has 0 fully saturated rings. The summed E-state index contributed by atoms with van der Waals surface area (Å²) in [7, 11) is 2.74. The number of aromatic nitrogens is 1. The van der Waals surface area contributed by atoms with Crippen LogP contribution < -0.4 is 4.74 Å². The number of aliphatic imine (C=N–C) groups is 1. The first-order valence-corrected chi connectivity index (χ1v) is 5.66. The summed E-state index contributed by atoms with van der Waals surface area (Å²) in [5, 5.41) is 0. The summed E-state index contributed by atoms with van der Waals surface area (Å²) >= 11 is 1.15. The largest absolute Gasteiger partial charge is 0.481 e. The van der Waals surface area contributed by atoms with Gasteiger partial charge in [-0.15, -0.1) is 11.3 Å². The van der Waals surface area contributed by atoms with Gasteiger partial charge in [-0.3, -0.25) is 0 Å². The van der Waals surface area contributed by atoms with Crippen molar-refractivity contribution in [3.8, 4) is 5.88 Å². The molecule has 0 saturated carbocycles. The van der Waals surface area contributed by atoms with E-state index in [9.17, 15) is 9.59 Å². The Bertz CT molecular complexity index is 658. The smallest absolute Gasteiger partial charge is 0.350 e. The molecule has 18 heavy (non-hydrogen) atoms. The predicted molar refractivity (Wildman–Crippen MR) is 65.3 cm³/mol. The summed E-state index contributed by atoms with van der Waals surface area (Å²) in [6.45, 7) is 0. The van der Waals surface area contributed by atoms with Crippen LogP contribution in [0.4, 0.5) is 5.69 Å². The van der Waals surface area contributed by atoms with Crippen molar-refractivity contribution < 1.29 is 19.1 Å². The number of hydrogen-bond donors (Lipinski definition) is 0. The molecule has 0 atom stereocenters. The van der Waals surface area contributed by atoms with Gasteiger partial charge in [0.25, 0.3) is 0 Å². The first-order chi connectivity index (χ1) is 8.71. The first-order valence-electron chi connectivity index (χ1n) is 4.85. The van der Waals surface area contributed by atoms with E-state index in [4.69, 9.17) is 4.74 Å². The van der Waals surface area contributed by atoms with E-state index in [1.807, 2.05) is 0 Å². The Morgan fingerprint density at radius 3 is 2.83 bits per heavy atom. The number of fused-ring (bicyclic) bond motifs is 1. The van der Waals surface area contributed by atoms with Crippen LogP contribution in [0.3, 0.4) is 0 Å². The molecule has 0 spiro atoms. The topological polar surface area (TPSA) is 77.8 Å². The normalized spacial score (nSPS) is 9.89. The highest BCUT2D eigenvalue weighted by atomic mass is 32.1. The fourth-order valence-electron chi connectivity index (χ4n) is 1.44. The van der Waals surface area contributed by atoms with Crippen LogP contribution >= 0.6 is 11.3 Å². The number of pyridine rings is 1. The van der Waals surface area contributed by atoms with Crippen molar-refractivity contribution in [1.82, 2.24) is 4.98 Å². The maximum atomic E-state index is 11.6. The summed E-state index contributed by atoms with van der Waals surface area (Å²) in [6, 6.07) is 3.40. The van der Waals surface area contributed by atoms with Gasteiger partial charge in [0.05, 0.1) is 18.9 Å². The minimum absolute atomic E-state index is 0.163. The Labute approximate surface area is 106 Å². The van der Waals surface area contributed by atoms with E-state index in [1.54, 1.807) is 12.1 Å². The highest BCUT2D eigenvalue weighted by molar-refractivity contribution is 7.21. The van der Waals surface area contributed by atoms with Gasteiger partial charge in [-0.1, -0.05) is 0 Å². The highest BCUT2D eigenvalue weighted by Crippen LogP contribution is 2.37. The number of ether oxygens (including phenoxy) is 2. The number of nitrogens with zero attached hydrogens (tertiary/aromatic N) is 2.